The summed E-state index contributed by atoms with van der Waals surface area (Å²) in [7, 11) is 0. The van der Waals surface area contributed by atoms with Crippen LogP contribution in [0, 0.1) is 5.92 Å². The molecule has 5 heterocycles. The second-order valence-electron chi connectivity index (χ2n) is 5.67. The van der Waals surface area contributed by atoms with Gasteiger partial charge in [0.15, 0.2) is 0 Å². The average molecular weight is 327 g/mol. The Bertz CT molecular complexity index is 524. The zero-order valence-electron chi connectivity index (χ0n) is 10.5. The molecule has 4 saturated heterocycles. The third-order valence-corrected chi connectivity index (χ3v) is 5.00. The number of hydrogen-bond acceptors (Lipinski definition) is 4. The van der Waals surface area contributed by atoms with E-state index in [1.165, 1.54) is 0 Å². The van der Waals surface area contributed by atoms with E-state index in [9.17, 15) is 4.79 Å². The summed E-state index contributed by atoms with van der Waals surface area (Å²) in [5.74, 6) is 1.05. The highest BCUT2D eigenvalue weighted by Crippen LogP contribution is 2.43. The molecule has 0 radical (unpaired) electrons. The molecule has 1 atom stereocenters. The topological polar surface area (TPSA) is 45.9 Å². The monoisotopic (exact) mass is 326 g/mol. The molecule has 0 aromatic carbocycles. The Morgan fingerprint density at radius 1 is 1.32 bits per heavy atom. The van der Waals surface area contributed by atoms with Gasteiger partial charge in [0.05, 0.1) is 11.0 Å². The molecule has 5 nitrogen and oxygen atoms in total. The number of fused-ring (bicyclic) bond motifs is 2. The van der Waals surface area contributed by atoms with Crippen LogP contribution in [0.2, 0.25) is 0 Å². The van der Waals surface area contributed by atoms with E-state index in [0.717, 1.165) is 36.9 Å². The first kappa shape index (κ1) is 11.8. The molecule has 4 aliphatic rings. The number of nitrogens with zero attached hydrogens (tertiary/aromatic N) is 2. The molecule has 5 rings (SSSR count). The number of ether oxygens (including phenoxy) is 1. The maximum atomic E-state index is 12.1. The van der Waals surface area contributed by atoms with Gasteiger partial charge in [-0.05, 0) is 41.9 Å². The number of halogens is 1. The number of piperidine rings is 3. The van der Waals surface area contributed by atoms with E-state index < -0.39 is 0 Å². The van der Waals surface area contributed by atoms with Gasteiger partial charge in [-0.2, -0.15) is 0 Å². The van der Waals surface area contributed by atoms with Gasteiger partial charge in [0.1, 0.15) is 11.9 Å². The van der Waals surface area contributed by atoms with Crippen molar-refractivity contribution < 1.29 is 13.9 Å². The summed E-state index contributed by atoms with van der Waals surface area (Å²) in [6, 6.07) is 1.81. The summed E-state index contributed by atoms with van der Waals surface area (Å²) in [6.07, 6.45) is 3.56. The van der Waals surface area contributed by atoms with Gasteiger partial charge in [-0.15, -0.1) is 0 Å². The highest BCUT2D eigenvalue weighted by molar-refractivity contribution is 9.10. The van der Waals surface area contributed by atoms with Crippen LogP contribution in [0.15, 0.2) is 21.2 Å². The van der Waals surface area contributed by atoms with Crippen molar-refractivity contribution in [1.29, 1.82) is 0 Å². The summed E-state index contributed by atoms with van der Waals surface area (Å²) in [5.41, 5.74) is -0.327. The minimum absolute atomic E-state index is 0.282. The van der Waals surface area contributed by atoms with Crippen LogP contribution in [0.3, 0.4) is 0 Å². The molecule has 102 valence electrons. The normalized spacial score (nSPS) is 37.1. The molecular weight excluding hydrogens is 312 g/mol. The van der Waals surface area contributed by atoms with Crippen molar-refractivity contribution in [1.82, 2.24) is 4.90 Å². The molecule has 0 aliphatic carbocycles. The molecule has 0 N–H and O–H groups in total. The minimum atomic E-state index is -0.327. The molecule has 2 bridgehead atoms. The summed E-state index contributed by atoms with van der Waals surface area (Å²) in [6.45, 7) is 3.74. The van der Waals surface area contributed by atoms with E-state index in [4.69, 9.17) is 9.15 Å². The second-order valence-corrected chi connectivity index (χ2v) is 6.59. The van der Waals surface area contributed by atoms with Crippen molar-refractivity contribution in [2.75, 3.05) is 31.1 Å². The SMILES string of the molecule is O=C1O[C@]2(CN3CCC2CC3)CN1c1cc(Br)co1. The summed E-state index contributed by atoms with van der Waals surface area (Å²) >= 11 is 3.34. The lowest BCUT2D eigenvalue weighted by Gasteiger charge is -2.49. The van der Waals surface area contributed by atoms with Crippen LogP contribution in [-0.2, 0) is 4.74 Å². The third-order valence-electron chi connectivity index (χ3n) is 4.58. The van der Waals surface area contributed by atoms with Crippen LogP contribution < -0.4 is 4.90 Å². The molecule has 0 unspecified atom stereocenters. The van der Waals surface area contributed by atoms with Crippen LogP contribution in [0.4, 0.5) is 10.7 Å². The zero-order valence-corrected chi connectivity index (χ0v) is 12.1. The van der Waals surface area contributed by atoms with E-state index in [1.807, 2.05) is 6.07 Å². The van der Waals surface area contributed by atoms with Crippen LogP contribution in [0.1, 0.15) is 12.8 Å². The fraction of sp³-hybridized carbons (Fsp3) is 0.615. The number of hydrogen-bond donors (Lipinski definition) is 0. The average Bonchev–Trinajstić information content (AvgIpc) is 2.95. The molecule has 1 amide bonds. The quantitative estimate of drug-likeness (QED) is 0.795. The largest absolute Gasteiger partial charge is 0.447 e. The Morgan fingerprint density at radius 2 is 2.11 bits per heavy atom. The molecule has 6 heteroatoms. The Balaban J connectivity index is 1.63. The van der Waals surface area contributed by atoms with Gasteiger partial charge in [0.2, 0.25) is 5.88 Å². The number of furan rings is 1. The van der Waals surface area contributed by atoms with Crippen molar-refractivity contribution in [2.24, 2.45) is 5.92 Å². The fourth-order valence-corrected chi connectivity index (χ4v) is 3.91. The molecule has 1 aromatic rings. The highest BCUT2D eigenvalue weighted by atomic mass is 79.9. The van der Waals surface area contributed by atoms with Crippen molar-refractivity contribution in [2.45, 2.75) is 18.4 Å². The van der Waals surface area contributed by atoms with Gasteiger partial charge in [0.25, 0.3) is 0 Å². The van der Waals surface area contributed by atoms with E-state index in [-0.39, 0.29) is 11.7 Å². The molecule has 4 fully saturated rings. The van der Waals surface area contributed by atoms with Crippen molar-refractivity contribution in [3.05, 3.63) is 16.8 Å². The third kappa shape index (κ3) is 1.73. The predicted molar refractivity (Wildman–Crippen MR) is 72.1 cm³/mol. The van der Waals surface area contributed by atoms with Crippen molar-refractivity contribution in [3.63, 3.8) is 0 Å². The molecule has 19 heavy (non-hydrogen) atoms. The number of rotatable bonds is 1. The van der Waals surface area contributed by atoms with Gasteiger partial charge >= 0.3 is 6.09 Å². The Morgan fingerprint density at radius 3 is 2.68 bits per heavy atom. The van der Waals surface area contributed by atoms with Crippen molar-refractivity contribution in [3.8, 4) is 0 Å². The lowest BCUT2D eigenvalue weighted by Crippen LogP contribution is -2.61. The van der Waals surface area contributed by atoms with E-state index in [0.29, 0.717) is 18.3 Å². The standard InChI is InChI=1S/C13H15BrN2O3/c14-10-5-11(18-6-10)16-8-13(19-12(16)17)7-15-3-1-9(13)2-4-15/h5-6,9H,1-4,7-8H2/t13-/m1/s1. The van der Waals surface area contributed by atoms with E-state index in [1.54, 1.807) is 11.2 Å². The fourth-order valence-electron chi connectivity index (χ4n) is 3.63. The first-order chi connectivity index (χ1) is 9.16. The van der Waals surface area contributed by atoms with Crippen LogP contribution >= 0.6 is 15.9 Å². The Hall–Kier alpha value is -1.01. The molecule has 1 spiro atoms. The van der Waals surface area contributed by atoms with E-state index in [2.05, 4.69) is 20.8 Å². The molecule has 4 aliphatic heterocycles. The summed E-state index contributed by atoms with van der Waals surface area (Å²) in [4.78, 5) is 16.2. The number of amides is 1. The first-order valence-electron chi connectivity index (χ1n) is 6.63. The number of carbonyl (C=O) groups excluding carboxylic acids is 1. The lowest BCUT2D eigenvalue weighted by atomic mass is 9.75. The zero-order chi connectivity index (χ0) is 13.0. The van der Waals surface area contributed by atoms with Crippen LogP contribution in [0.5, 0.6) is 0 Å². The number of anilines is 1. The molecule has 1 aromatic heterocycles. The van der Waals surface area contributed by atoms with Gasteiger partial charge in [-0.25, -0.2) is 9.69 Å². The van der Waals surface area contributed by atoms with Gasteiger partial charge < -0.3 is 9.15 Å². The highest BCUT2D eigenvalue weighted by Gasteiger charge is 2.56. The minimum Gasteiger partial charge on any atom is -0.447 e. The van der Waals surface area contributed by atoms with Crippen molar-refractivity contribution >= 4 is 27.9 Å². The maximum absolute atomic E-state index is 12.1. The lowest BCUT2D eigenvalue weighted by molar-refractivity contribution is -0.0881. The van der Waals surface area contributed by atoms with Gasteiger partial charge in [0, 0.05) is 18.5 Å². The van der Waals surface area contributed by atoms with Gasteiger partial charge in [-0.1, -0.05) is 0 Å². The maximum Gasteiger partial charge on any atom is 0.417 e. The predicted octanol–water partition coefficient (Wildman–Crippen LogP) is 2.46. The Kier molecular flexibility index (Phi) is 2.48. The van der Waals surface area contributed by atoms with Crippen LogP contribution in [-0.4, -0.2) is 42.8 Å². The smallest absolute Gasteiger partial charge is 0.417 e. The molecular formula is C13H15BrN2O3. The van der Waals surface area contributed by atoms with E-state index >= 15 is 0 Å². The second kappa shape index (κ2) is 3.99. The first-order valence-corrected chi connectivity index (χ1v) is 7.42. The van der Waals surface area contributed by atoms with Gasteiger partial charge in [-0.3, -0.25) is 4.90 Å². The number of carbonyl (C=O) groups is 1. The summed E-state index contributed by atoms with van der Waals surface area (Å²) in [5, 5.41) is 0. The Labute approximate surface area is 119 Å². The molecule has 0 saturated carbocycles. The summed E-state index contributed by atoms with van der Waals surface area (Å²) < 4.78 is 12.0. The van der Waals surface area contributed by atoms with Crippen LogP contribution in [0.25, 0.3) is 0 Å².